The van der Waals surface area contributed by atoms with E-state index >= 15 is 0 Å². The summed E-state index contributed by atoms with van der Waals surface area (Å²) in [5.41, 5.74) is 2.24. The topological polar surface area (TPSA) is 51.1 Å². The highest BCUT2D eigenvalue weighted by Crippen LogP contribution is 2.32. The predicted octanol–water partition coefficient (Wildman–Crippen LogP) is 1.06. The summed E-state index contributed by atoms with van der Waals surface area (Å²) in [5, 5.41) is 11.6. The highest BCUT2D eigenvalue weighted by Gasteiger charge is 2.33. The van der Waals surface area contributed by atoms with Crippen LogP contribution in [0.25, 0.3) is 0 Å². The molecule has 1 aromatic rings. The molecule has 0 saturated carbocycles. The first-order chi connectivity index (χ1) is 7.79. The van der Waals surface area contributed by atoms with Crippen LogP contribution in [0.15, 0.2) is 0 Å². The van der Waals surface area contributed by atoms with E-state index in [0.717, 1.165) is 43.5 Å². The molecule has 5 nitrogen and oxygen atoms in total. The Morgan fingerprint density at radius 2 is 2.38 bits per heavy atom. The second-order valence-electron chi connectivity index (χ2n) is 4.55. The molecule has 1 saturated heterocycles. The quantitative estimate of drug-likeness (QED) is 0.746. The summed E-state index contributed by atoms with van der Waals surface area (Å²) in [7, 11) is 0. The lowest BCUT2D eigenvalue weighted by Crippen LogP contribution is -2.30. The maximum absolute atomic E-state index is 5.51. The first kappa shape index (κ1) is 9.96. The number of hydrogen-bond acceptors (Lipinski definition) is 4. The Balaban J connectivity index is 1.98. The Morgan fingerprint density at radius 3 is 3.19 bits per heavy atom. The number of ether oxygens (including phenoxy) is 1. The molecule has 0 bridgehead atoms. The number of anilines is 2. The maximum Gasteiger partial charge on any atom is 0.148 e. The van der Waals surface area contributed by atoms with Gasteiger partial charge in [-0.25, -0.2) is 4.68 Å². The molecule has 2 aliphatic heterocycles. The van der Waals surface area contributed by atoms with E-state index in [9.17, 15) is 0 Å². The van der Waals surface area contributed by atoms with Gasteiger partial charge < -0.3 is 15.4 Å². The molecule has 88 valence electrons. The van der Waals surface area contributed by atoms with Gasteiger partial charge in [0.15, 0.2) is 0 Å². The van der Waals surface area contributed by atoms with Crippen LogP contribution < -0.4 is 10.6 Å². The molecule has 16 heavy (non-hydrogen) atoms. The van der Waals surface area contributed by atoms with Crippen LogP contribution in [0, 0.1) is 12.8 Å². The van der Waals surface area contributed by atoms with Crippen molar-refractivity contribution in [3.8, 4) is 0 Å². The summed E-state index contributed by atoms with van der Waals surface area (Å²) in [5.74, 6) is 1.69. The standard InChI is InChI=1S/C11H18N4O/c1-3-15-11-10(7(2)14-15)12-4-8-5-16-6-9(8)13-11/h8-9,12-13H,3-6H2,1-2H3. The van der Waals surface area contributed by atoms with Crippen molar-refractivity contribution in [1.29, 1.82) is 0 Å². The number of aromatic nitrogens is 2. The molecule has 1 fully saturated rings. The van der Waals surface area contributed by atoms with Crippen molar-refractivity contribution in [2.24, 2.45) is 5.92 Å². The zero-order valence-electron chi connectivity index (χ0n) is 9.79. The molecule has 0 spiro atoms. The van der Waals surface area contributed by atoms with Crippen molar-refractivity contribution >= 4 is 11.5 Å². The highest BCUT2D eigenvalue weighted by molar-refractivity contribution is 5.69. The van der Waals surface area contributed by atoms with Gasteiger partial charge in [0.2, 0.25) is 0 Å². The first-order valence-corrected chi connectivity index (χ1v) is 5.95. The van der Waals surface area contributed by atoms with E-state index in [0.29, 0.717) is 12.0 Å². The van der Waals surface area contributed by atoms with E-state index in [4.69, 9.17) is 4.74 Å². The van der Waals surface area contributed by atoms with Gasteiger partial charge in [-0.05, 0) is 13.8 Å². The lowest BCUT2D eigenvalue weighted by molar-refractivity contribution is 0.186. The lowest BCUT2D eigenvalue weighted by atomic mass is 10.1. The number of fused-ring (bicyclic) bond motifs is 2. The molecule has 2 aliphatic rings. The summed E-state index contributed by atoms with van der Waals surface area (Å²) < 4.78 is 7.54. The van der Waals surface area contributed by atoms with E-state index in [1.165, 1.54) is 0 Å². The molecular formula is C11H18N4O. The van der Waals surface area contributed by atoms with Crippen LogP contribution in [0.5, 0.6) is 0 Å². The van der Waals surface area contributed by atoms with Crippen molar-refractivity contribution in [3.05, 3.63) is 5.69 Å². The molecule has 0 aromatic carbocycles. The SMILES string of the molecule is CCn1nc(C)c2c1NC1COCC1CN2. The third kappa shape index (κ3) is 1.38. The summed E-state index contributed by atoms with van der Waals surface area (Å²) >= 11 is 0. The largest absolute Gasteiger partial charge is 0.380 e. The van der Waals surface area contributed by atoms with Gasteiger partial charge >= 0.3 is 0 Å². The normalized spacial score (nSPS) is 27.6. The molecule has 5 heteroatoms. The molecule has 2 atom stereocenters. The Morgan fingerprint density at radius 1 is 1.50 bits per heavy atom. The van der Waals surface area contributed by atoms with Crippen molar-refractivity contribution in [2.45, 2.75) is 26.4 Å². The molecular weight excluding hydrogens is 204 g/mol. The van der Waals surface area contributed by atoms with Crippen molar-refractivity contribution in [3.63, 3.8) is 0 Å². The summed E-state index contributed by atoms with van der Waals surface area (Å²) in [4.78, 5) is 0. The number of aryl methyl sites for hydroxylation is 2. The van der Waals surface area contributed by atoms with E-state index < -0.39 is 0 Å². The molecule has 0 aliphatic carbocycles. The zero-order valence-corrected chi connectivity index (χ0v) is 9.79. The van der Waals surface area contributed by atoms with Crippen LogP contribution in [0.3, 0.4) is 0 Å². The predicted molar refractivity (Wildman–Crippen MR) is 62.8 cm³/mol. The van der Waals surface area contributed by atoms with E-state index in [2.05, 4.69) is 29.6 Å². The Hall–Kier alpha value is -1.23. The van der Waals surface area contributed by atoms with Crippen LogP contribution in [0.4, 0.5) is 11.5 Å². The summed E-state index contributed by atoms with van der Waals surface area (Å²) in [6.07, 6.45) is 0. The summed E-state index contributed by atoms with van der Waals surface area (Å²) in [6, 6.07) is 0.426. The molecule has 2 unspecified atom stereocenters. The zero-order chi connectivity index (χ0) is 11.1. The third-order valence-electron chi connectivity index (χ3n) is 3.49. The van der Waals surface area contributed by atoms with Gasteiger partial charge in [-0.1, -0.05) is 0 Å². The minimum atomic E-state index is 0.426. The van der Waals surface area contributed by atoms with Crippen LogP contribution in [0.1, 0.15) is 12.6 Å². The van der Waals surface area contributed by atoms with Gasteiger partial charge in [0.05, 0.1) is 24.9 Å². The molecule has 3 heterocycles. The summed E-state index contributed by atoms with van der Waals surface area (Å²) in [6.45, 7) is 7.69. The second-order valence-corrected chi connectivity index (χ2v) is 4.55. The lowest BCUT2D eigenvalue weighted by Gasteiger charge is -2.16. The van der Waals surface area contributed by atoms with Gasteiger partial charge in [-0.3, -0.25) is 0 Å². The maximum atomic E-state index is 5.51. The minimum absolute atomic E-state index is 0.426. The average molecular weight is 222 g/mol. The van der Waals surface area contributed by atoms with Crippen LogP contribution in [0.2, 0.25) is 0 Å². The van der Waals surface area contributed by atoms with E-state index in [1.807, 2.05) is 4.68 Å². The Kier molecular flexibility index (Phi) is 2.28. The van der Waals surface area contributed by atoms with Crippen molar-refractivity contribution in [1.82, 2.24) is 9.78 Å². The van der Waals surface area contributed by atoms with Crippen LogP contribution in [-0.4, -0.2) is 35.6 Å². The van der Waals surface area contributed by atoms with E-state index in [-0.39, 0.29) is 0 Å². The number of nitrogens with one attached hydrogen (secondary N) is 2. The fourth-order valence-corrected chi connectivity index (χ4v) is 2.54. The fourth-order valence-electron chi connectivity index (χ4n) is 2.54. The first-order valence-electron chi connectivity index (χ1n) is 5.95. The van der Waals surface area contributed by atoms with Crippen molar-refractivity contribution in [2.75, 3.05) is 30.4 Å². The Bertz CT molecular complexity index is 401. The number of hydrogen-bond donors (Lipinski definition) is 2. The van der Waals surface area contributed by atoms with Gasteiger partial charge in [0, 0.05) is 19.0 Å². The number of nitrogens with zero attached hydrogens (tertiary/aromatic N) is 2. The van der Waals surface area contributed by atoms with Gasteiger partial charge in [0.25, 0.3) is 0 Å². The van der Waals surface area contributed by atoms with Gasteiger partial charge in [-0.2, -0.15) is 5.10 Å². The van der Waals surface area contributed by atoms with Crippen LogP contribution >= 0.6 is 0 Å². The van der Waals surface area contributed by atoms with E-state index in [1.54, 1.807) is 0 Å². The second kappa shape index (κ2) is 3.66. The van der Waals surface area contributed by atoms with Crippen LogP contribution in [-0.2, 0) is 11.3 Å². The average Bonchev–Trinajstić information content (AvgIpc) is 2.79. The molecule has 3 rings (SSSR count). The number of rotatable bonds is 1. The Labute approximate surface area is 95.2 Å². The minimum Gasteiger partial charge on any atom is -0.380 e. The molecule has 1 aromatic heterocycles. The van der Waals surface area contributed by atoms with Gasteiger partial charge in [0.1, 0.15) is 11.5 Å². The monoisotopic (exact) mass is 222 g/mol. The smallest absolute Gasteiger partial charge is 0.148 e. The fraction of sp³-hybridized carbons (Fsp3) is 0.727. The highest BCUT2D eigenvalue weighted by atomic mass is 16.5. The van der Waals surface area contributed by atoms with Crippen molar-refractivity contribution < 1.29 is 4.74 Å². The third-order valence-corrected chi connectivity index (χ3v) is 3.49. The van der Waals surface area contributed by atoms with Gasteiger partial charge in [-0.15, -0.1) is 0 Å². The molecule has 2 N–H and O–H groups in total. The molecule has 0 radical (unpaired) electrons. The molecule has 0 amide bonds.